The van der Waals surface area contributed by atoms with Gasteiger partial charge in [0, 0.05) is 32.2 Å². The minimum absolute atomic E-state index is 0.250. The third-order valence-electron chi connectivity index (χ3n) is 4.26. The molecule has 124 valence electrons. The van der Waals surface area contributed by atoms with Crippen LogP contribution in [0.1, 0.15) is 24.1 Å². The molecule has 1 N–H and O–H groups in total. The summed E-state index contributed by atoms with van der Waals surface area (Å²) in [5.74, 6) is 0.807. The summed E-state index contributed by atoms with van der Waals surface area (Å²) >= 11 is 0. The van der Waals surface area contributed by atoms with E-state index in [1.807, 2.05) is 31.0 Å². The number of hydrogen-bond donors (Lipinski definition) is 1. The Labute approximate surface area is 136 Å². The largest absolute Gasteiger partial charge is 0.483 e. The van der Waals surface area contributed by atoms with Crippen LogP contribution in [0.15, 0.2) is 37.1 Å². The van der Waals surface area contributed by atoms with Crippen LogP contribution in [0.25, 0.3) is 0 Å². The van der Waals surface area contributed by atoms with E-state index in [0.29, 0.717) is 0 Å². The zero-order valence-corrected chi connectivity index (χ0v) is 13.5. The molecule has 1 aliphatic heterocycles. The lowest BCUT2D eigenvalue weighted by molar-refractivity contribution is -0.122. The van der Waals surface area contributed by atoms with Crippen LogP contribution in [-0.4, -0.2) is 44.1 Å². The number of carboxylic acid groups (broad SMARTS) is 1. The van der Waals surface area contributed by atoms with Crippen LogP contribution < -0.4 is 0 Å². The molecule has 0 amide bonds. The summed E-state index contributed by atoms with van der Waals surface area (Å²) in [6.45, 7) is 3.16. The number of nitrogens with zero attached hydrogens (tertiary/aromatic N) is 4. The lowest BCUT2D eigenvalue weighted by Gasteiger charge is -2.31. The average molecular weight is 316 g/mol. The molecule has 0 atom stereocenters. The van der Waals surface area contributed by atoms with Gasteiger partial charge in [-0.1, -0.05) is 6.07 Å². The highest BCUT2D eigenvalue weighted by atomic mass is 16.3. The molecule has 23 heavy (non-hydrogen) atoms. The normalized spacial score (nSPS) is 15.7. The molecule has 0 saturated carbocycles. The van der Waals surface area contributed by atoms with E-state index in [4.69, 9.17) is 9.90 Å². The maximum atomic E-state index is 8.36. The van der Waals surface area contributed by atoms with E-state index in [1.165, 1.54) is 43.6 Å². The Morgan fingerprint density at radius 1 is 1.30 bits per heavy atom. The minimum Gasteiger partial charge on any atom is -0.483 e. The van der Waals surface area contributed by atoms with E-state index in [1.54, 1.807) is 0 Å². The smallest absolute Gasteiger partial charge is 0.290 e. The third-order valence-corrected chi connectivity index (χ3v) is 4.26. The van der Waals surface area contributed by atoms with Crippen molar-refractivity contribution in [1.29, 1.82) is 0 Å². The molecule has 2 aromatic rings. The van der Waals surface area contributed by atoms with Crippen LogP contribution in [0.2, 0.25) is 0 Å². The van der Waals surface area contributed by atoms with Crippen molar-refractivity contribution in [3.05, 3.63) is 48.3 Å². The standard InChI is InChI=1S/C16H22N4.CH2O2/c1-19-13-18-11-16(19)12-20-7-4-14(5-8-20)9-15-3-2-6-17-10-15;2-1-3/h2-3,6,10-11,13-14H,4-5,7-9,12H2,1H3;1H,(H,2,3). The highest BCUT2D eigenvalue weighted by Crippen LogP contribution is 2.22. The average Bonchev–Trinajstić information content (AvgIpc) is 2.96. The number of rotatable bonds is 4. The number of likely N-dealkylation sites (tertiary alicyclic amines) is 1. The molecule has 0 radical (unpaired) electrons. The summed E-state index contributed by atoms with van der Waals surface area (Å²) in [4.78, 5) is 19.3. The Morgan fingerprint density at radius 2 is 2.04 bits per heavy atom. The zero-order chi connectivity index (χ0) is 16.5. The minimum atomic E-state index is -0.250. The number of aryl methyl sites for hydroxylation is 1. The van der Waals surface area contributed by atoms with E-state index < -0.39 is 0 Å². The molecule has 0 aromatic carbocycles. The van der Waals surface area contributed by atoms with Gasteiger partial charge in [0.1, 0.15) is 0 Å². The summed E-state index contributed by atoms with van der Waals surface area (Å²) in [5, 5.41) is 6.89. The van der Waals surface area contributed by atoms with E-state index in [0.717, 1.165) is 12.5 Å². The maximum Gasteiger partial charge on any atom is 0.290 e. The first kappa shape index (κ1) is 17.1. The van der Waals surface area contributed by atoms with Gasteiger partial charge in [-0.15, -0.1) is 0 Å². The number of piperidine rings is 1. The Bertz CT molecular complexity index is 577. The van der Waals surface area contributed by atoms with Crippen molar-refractivity contribution < 1.29 is 9.90 Å². The summed E-state index contributed by atoms with van der Waals surface area (Å²) in [6.07, 6.45) is 11.4. The Balaban J connectivity index is 0.000000595. The van der Waals surface area contributed by atoms with Gasteiger partial charge >= 0.3 is 0 Å². The lowest BCUT2D eigenvalue weighted by Crippen LogP contribution is -2.34. The number of aromatic nitrogens is 3. The van der Waals surface area contributed by atoms with Gasteiger partial charge in [-0.3, -0.25) is 14.7 Å². The first-order chi connectivity index (χ1) is 11.2. The molecular weight excluding hydrogens is 292 g/mol. The molecule has 3 heterocycles. The van der Waals surface area contributed by atoms with Gasteiger partial charge in [0.05, 0.1) is 12.0 Å². The van der Waals surface area contributed by atoms with Crippen molar-refractivity contribution >= 4 is 6.47 Å². The maximum absolute atomic E-state index is 8.36. The second-order valence-corrected chi connectivity index (χ2v) is 5.89. The molecule has 0 aliphatic carbocycles. The van der Waals surface area contributed by atoms with Gasteiger partial charge < -0.3 is 9.67 Å². The second-order valence-electron chi connectivity index (χ2n) is 5.89. The van der Waals surface area contributed by atoms with E-state index in [2.05, 4.69) is 32.5 Å². The predicted molar refractivity (Wildman–Crippen MR) is 87.8 cm³/mol. The predicted octanol–water partition coefficient (Wildman–Crippen LogP) is 1.97. The van der Waals surface area contributed by atoms with Gasteiger partial charge in [-0.05, 0) is 49.9 Å². The molecule has 1 saturated heterocycles. The van der Waals surface area contributed by atoms with Gasteiger partial charge in [0.25, 0.3) is 6.47 Å². The summed E-state index contributed by atoms with van der Waals surface area (Å²) in [6, 6.07) is 4.22. The first-order valence-corrected chi connectivity index (χ1v) is 7.87. The van der Waals surface area contributed by atoms with Crippen LogP contribution in [0.5, 0.6) is 0 Å². The van der Waals surface area contributed by atoms with Crippen LogP contribution in [0.3, 0.4) is 0 Å². The Kier molecular flexibility index (Phi) is 6.75. The highest BCUT2D eigenvalue weighted by molar-refractivity contribution is 5.32. The SMILES string of the molecule is Cn1cncc1CN1CCC(Cc2cccnc2)CC1.O=CO. The fourth-order valence-corrected chi connectivity index (χ4v) is 2.97. The number of hydrogen-bond acceptors (Lipinski definition) is 4. The van der Waals surface area contributed by atoms with Crippen molar-refractivity contribution in [3.8, 4) is 0 Å². The fourth-order valence-electron chi connectivity index (χ4n) is 2.97. The Hall–Kier alpha value is -2.21. The lowest BCUT2D eigenvalue weighted by atomic mass is 9.91. The molecule has 1 fully saturated rings. The van der Waals surface area contributed by atoms with E-state index in [-0.39, 0.29) is 6.47 Å². The third kappa shape index (κ3) is 5.49. The highest BCUT2D eigenvalue weighted by Gasteiger charge is 2.20. The van der Waals surface area contributed by atoms with Crippen LogP contribution in [0.4, 0.5) is 0 Å². The molecule has 0 spiro atoms. The zero-order valence-electron chi connectivity index (χ0n) is 13.5. The molecule has 3 rings (SSSR count). The van der Waals surface area contributed by atoms with Gasteiger partial charge in [-0.2, -0.15) is 0 Å². The molecule has 2 aromatic heterocycles. The monoisotopic (exact) mass is 316 g/mol. The number of imidazole rings is 1. The number of carbonyl (C=O) groups is 1. The van der Waals surface area contributed by atoms with Gasteiger partial charge in [-0.25, -0.2) is 4.98 Å². The first-order valence-electron chi connectivity index (χ1n) is 7.87. The van der Waals surface area contributed by atoms with E-state index in [9.17, 15) is 0 Å². The summed E-state index contributed by atoms with van der Waals surface area (Å²) < 4.78 is 2.11. The van der Waals surface area contributed by atoms with Crippen LogP contribution in [0, 0.1) is 5.92 Å². The van der Waals surface area contributed by atoms with Crippen molar-refractivity contribution in [1.82, 2.24) is 19.4 Å². The molecular formula is C17H24N4O2. The van der Waals surface area contributed by atoms with Crippen LogP contribution >= 0.6 is 0 Å². The molecule has 6 nitrogen and oxygen atoms in total. The molecule has 0 unspecified atom stereocenters. The van der Waals surface area contributed by atoms with Crippen molar-refractivity contribution in [3.63, 3.8) is 0 Å². The van der Waals surface area contributed by atoms with Crippen molar-refractivity contribution in [2.24, 2.45) is 13.0 Å². The second kappa shape index (κ2) is 9.05. The molecule has 1 aliphatic rings. The topological polar surface area (TPSA) is 71.2 Å². The van der Waals surface area contributed by atoms with Crippen LogP contribution in [-0.2, 0) is 24.8 Å². The van der Waals surface area contributed by atoms with Crippen molar-refractivity contribution in [2.75, 3.05) is 13.1 Å². The van der Waals surface area contributed by atoms with Crippen molar-refractivity contribution in [2.45, 2.75) is 25.8 Å². The molecule has 0 bridgehead atoms. The van der Waals surface area contributed by atoms with E-state index >= 15 is 0 Å². The van der Waals surface area contributed by atoms with Gasteiger partial charge in [0.2, 0.25) is 0 Å². The van der Waals surface area contributed by atoms with Gasteiger partial charge in [0.15, 0.2) is 0 Å². The number of pyridine rings is 1. The summed E-state index contributed by atoms with van der Waals surface area (Å²) in [7, 11) is 2.07. The summed E-state index contributed by atoms with van der Waals surface area (Å²) in [5.41, 5.74) is 2.67. The molecule has 6 heteroatoms. The fraction of sp³-hybridized carbons (Fsp3) is 0.471. The Morgan fingerprint density at radius 3 is 2.61 bits per heavy atom. The quantitative estimate of drug-likeness (QED) is 0.873.